The van der Waals surface area contributed by atoms with Crippen LogP contribution in [-0.4, -0.2) is 76.1 Å². The Morgan fingerprint density at radius 1 is 1.42 bits per heavy atom. The number of aliphatic hydroxyl groups is 1. The third-order valence-corrected chi connectivity index (χ3v) is 7.27. The minimum Gasteiger partial charge on any atom is -0.365 e. The van der Waals surface area contributed by atoms with Gasteiger partial charge in [0.15, 0.2) is 16.2 Å². The molecule has 0 spiro atoms. The Labute approximate surface area is 113 Å². The molecular formula is C9H19N3O5S2. The highest BCUT2D eigenvalue weighted by atomic mass is 32.2. The number of sulfone groups is 1. The fourth-order valence-electron chi connectivity index (χ4n) is 2.28. The second-order valence-electron chi connectivity index (χ2n) is 4.83. The van der Waals surface area contributed by atoms with Crippen LogP contribution in [0, 0.1) is 0 Å². The number of sulfonamides is 1. The van der Waals surface area contributed by atoms with E-state index < -0.39 is 31.5 Å². The number of nitrogens with one attached hydrogen (secondary N) is 2. The third kappa shape index (κ3) is 3.86. The third-order valence-electron chi connectivity index (χ3n) is 3.40. The zero-order chi connectivity index (χ0) is 14.1. The lowest BCUT2D eigenvalue weighted by Gasteiger charge is -2.19. The Bertz CT molecular complexity index is 518. The number of aliphatic hydroxyl groups excluding tert-OH is 1. The van der Waals surface area contributed by atoms with E-state index in [9.17, 15) is 21.9 Å². The lowest BCUT2D eigenvalue weighted by atomic mass is 10.4. The summed E-state index contributed by atoms with van der Waals surface area (Å²) < 4.78 is 48.8. The second kappa shape index (κ2) is 5.62. The van der Waals surface area contributed by atoms with Crippen LogP contribution in [0.25, 0.3) is 0 Å². The van der Waals surface area contributed by atoms with Crippen molar-refractivity contribution < 1.29 is 21.9 Å². The first-order valence-electron chi connectivity index (χ1n) is 6.14. The molecule has 0 aliphatic carbocycles. The van der Waals surface area contributed by atoms with Gasteiger partial charge in [-0.25, -0.2) is 21.6 Å². The molecule has 19 heavy (non-hydrogen) atoms. The largest absolute Gasteiger partial charge is 0.365 e. The Kier molecular flexibility index (Phi) is 4.48. The molecule has 8 nitrogen and oxygen atoms in total. The zero-order valence-corrected chi connectivity index (χ0v) is 12.1. The Balaban J connectivity index is 1.82. The van der Waals surface area contributed by atoms with Crippen molar-refractivity contribution in [3.63, 3.8) is 0 Å². The molecule has 0 aromatic heterocycles. The number of rotatable bonds is 5. The lowest BCUT2D eigenvalue weighted by molar-refractivity contribution is 0.0238. The van der Waals surface area contributed by atoms with E-state index in [0.29, 0.717) is 19.6 Å². The predicted molar refractivity (Wildman–Crippen MR) is 69.6 cm³/mol. The molecule has 0 aromatic rings. The first kappa shape index (κ1) is 15.1. The first-order chi connectivity index (χ1) is 8.80. The van der Waals surface area contributed by atoms with Crippen molar-refractivity contribution in [2.45, 2.75) is 18.0 Å². The average molecular weight is 313 g/mol. The summed E-state index contributed by atoms with van der Waals surface area (Å²) in [5, 5.41) is 11.4. The van der Waals surface area contributed by atoms with Crippen molar-refractivity contribution >= 4 is 19.9 Å². The van der Waals surface area contributed by atoms with Crippen LogP contribution >= 0.6 is 0 Å². The van der Waals surface area contributed by atoms with Crippen molar-refractivity contribution in [3.05, 3.63) is 0 Å². The summed E-state index contributed by atoms with van der Waals surface area (Å²) in [4.78, 5) is 1.70. The summed E-state index contributed by atoms with van der Waals surface area (Å²) in [5.41, 5.74) is 0. The Hall–Kier alpha value is -0.260. The standard InChI is InChI=1S/C9H19N3O5S2/c13-9-10-2-4-12(9)5-3-11-19(16,17)8-1-6-18(14,15)7-8/h8-11,13H,1-7H2/t8-,9+/m0/s1. The van der Waals surface area contributed by atoms with Gasteiger partial charge in [-0.3, -0.25) is 10.2 Å². The SMILES string of the molecule is O=S1(=O)CC[C@H](S(=O)(=O)NCCN2CCN[C@H]2O)C1. The maximum Gasteiger partial charge on any atom is 0.215 e. The van der Waals surface area contributed by atoms with Gasteiger partial charge in [0.1, 0.15) is 0 Å². The molecule has 2 aliphatic heterocycles. The van der Waals surface area contributed by atoms with Crippen LogP contribution in [0.2, 0.25) is 0 Å². The van der Waals surface area contributed by atoms with E-state index >= 15 is 0 Å². The molecule has 0 unspecified atom stereocenters. The molecule has 112 valence electrons. The van der Waals surface area contributed by atoms with E-state index in [0.717, 1.165) is 0 Å². The van der Waals surface area contributed by atoms with Crippen LogP contribution in [0.1, 0.15) is 6.42 Å². The van der Waals surface area contributed by atoms with E-state index in [1.165, 1.54) is 0 Å². The molecule has 10 heteroatoms. The minimum absolute atomic E-state index is 0.0622. The van der Waals surface area contributed by atoms with Crippen LogP contribution in [-0.2, 0) is 19.9 Å². The fourth-order valence-corrected chi connectivity index (χ4v) is 6.35. The summed E-state index contributed by atoms with van der Waals surface area (Å²) in [5.74, 6) is -0.358. The Morgan fingerprint density at radius 2 is 2.16 bits per heavy atom. The van der Waals surface area contributed by atoms with Crippen LogP contribution < -0.4 is 10.0 Å². The second-order valence-corrected chi connectivity index (χ2v) is 9.10. The van der Waals surface area contributed by atoms with E-state index in [1.54, 1.807) is 4.90 Å². The highest BCUT2D eigenvalue weighted by Crippen LogP contribution is 2.17. The van der Waals surface area contributed by atoms with Gasteiger partial charge < -0.3 is 5.11 Å². The van der Waals surface area contributed by atoms with Gasteiger partial charge in [-0.15, -0.1) is 0 Å². The van der Waals surface area contributed by atoms with Crippen molar-refractivity contribution in [1.82, 2.24) is 14.9 Å². The molecular weight excluding hydrogens is 294 g/mol. The van der Waals surface area contributed by atoms with Crippen molar-refractivity contribution in [2.75, 3.05) is 37.7 Å². The first-order valence-corrected chi connectivity index (χ1v) is 9.51. The fraction of sp³-hybridized carbons (Fsp3) is 1.00. The van der Waals surface area contributed by atoms with Crippen LogP contribution in [0.15, 0.2) is 0 Å². The van der Waals surface area contributed by atoms with Gasteiger partial charge in [0.05, 0.1) is 16.8 Å². The van der Waals surface area contributed by atoms with Gasteiger partial charge in [0.25, 0.3) is 0 Å². The molecule has 0 aromatic carbocycles. The van der Waals surface area contributed by atoms with Gasteiger partial charge in [-0.1, -0.05) is 0 Å². The van der Waals surface area contributed by atoms with Gasteiger partial charge >= 0.3 is 0 Å². The quantitative estimate of drug-likeness (QED) is 0.505. The summed E-state index contributed by atoms with van der Waals surface area (Å²) >= 11 is 0. The van der Waals surface area contributed by atoms with E-state index in [1.807, 2.05) is 0 Å². The summed E-state index contributed by atoms with van der Waals surface area (Å²) in [7, 11) is -6.81. The zero-order valence-electron chi connectivity index (χ0n) is 10.4. The van der Waals surface area contributed by atoms with Gasteiger partial charge in [0, 0.05) is 26.2 Å². The monoisotopic (exact) mass is 313 g/mol. The van der Waals surface area contributed by atoms with Crippen LogP contribution in [0.5, 0.6) is 0 Å². The van der Waals surface area contributed by atoms with Crippen molar-refractivity contribution in [1.29, 1.82) is 0 Å². The maximum atomic E-state index is 11.9. The van der Waals surface area contributed by atoms with E-state index in [-0.39, 0.29) is 24.5 Å². The highest BCUT2D eigenvalue weighted by Gasteiger charge is 2.37. The lowest BCUT2D eigenvalue weighted by Crippen LogP contribution is -2.42. The molecule has 2 fully saturated rings. The molecule has 2 atom stereocenters. The van der Waals surface area contributed by atoms with Gasteiger partial charge in [-0.05, 0) is 6.42 Å². The summed E-state index contributed by atoms with van der Waals surface area (Å²) in [6.07, 6.45) is -0.581. The number of hydrogen-bond acceptors (Lipinski definition) is 7. The van der Waals surface area contributed by atoms with E-state index in [2.05, 4.69) is 10.0 Å². The van der Waals surface area contributed by atoms with Gasteiger partial charge in [0.2, 0.25) is 10.0 Å². The molecule has 3 N–H and O–H groups in total. The molecule has 0 bridgehead atoms. The molecule has 0 radical (unpaired) electrons. The summed E-state index contributed by atoms with van der Waals surface area (Å²) in [6, 6.07) is 0. The molecule has 2 heterocycles. The predicted octanol–water partition coefficient (Wildman–Crippen LogP) is -2.73. The summed E-state index contributed by atoms with van der Waals surface area (Å²) in [6.45, 7) is 1.86. The number of nitrogens with zero attached hydrogens (tertiary/aromatic N) is 1. The molecule has 0 saturated carbocycles. The molecule has 2 rings (SSSR count). The van der Waals surface area contributed by atoms with Crippen LogP contribution in [0.4, 0.5) is 0 Å². The average Bonchev–Trinajstić information content (AvgIpc) is 2.86. The van der Waals surface area contributed by atoms with E-state index in [4.69, 9.17) is 0 Å². The minimum atomic E-state index is -3.60. The Morgan fingerprint density at radius 3 is 2.68 bits per heavy atom. The maximum absolute atomic E-state index is 11.9. The van der Waals surface area contributed by atoms with Crippen LogP contribution in [0.3, 0.4) is 0 Å². The molecule has 2 saturated heterocycles. The van der Waals surface area contributed by atoms with Gasteiger partial charge in [-0.2, -0.15) is 0 Å². The van der Waals surface area contributed by atoms with Crippen molar-refractivity contribution in [2.24, 2.45) is 0 Å². The molecule has 0 amide bonds. The normalized spacial score (nSPS) is 31.8. The highest BCUT2D eigenvalue weighted by molar-refractivity contribution is 7.95. The molecule has 2 aliphatic rings. The topological polar surface area (TPSA) is 116 Å². The van der Waals surface area contributed by atoms with Crippen molar-refractivity contribution in [3.8, 4) is 0 Å². The smallest absolute Gasteiger partial charge is 0.215 e. The number of hydrogen-bond donors (Lipinski definition) is 3.